The van der Waals surface area contributed by atoms with E-state index in [1.54, 1.807) is 17.0 Å². The largest absolute Gasteiger partial charge is 0.323 e. The molecule has 0 saturated heterocycles. The molecule has 1 heterocycles. The van der Waals surface area contributed by atoms with Gasteiger partial charge >= 0.3 is 6.03 Å². The third-order valence-electron chi connectivity index (χ3n) is 4.99. The number of benzene rings is 3. The first-order chi connectivity index (χ1) is 14.9. The molecule has 3 aromatic carbocycles. The Morgan fingerprint density at radius 1 is 1.00 bits per heavy atom. The van der Waals surface area contributed by atoms with E-state index in [0.29, 0.717) is 28.7 Å². The standard InChI is InChI=1S/C24H22ClN3O2S/c1-15-3-6-17(7-4-15)13-28-21-12-18(8-10-22(21)31-14-23(28)29)26-24(30)27-20-9-5-16(2)11-19(20)25/h3-12H,13-14H2,1-2H3,(H2,26,27,30). The van der Waals surface area contributed by atoms with Gasteiger partial charge in [-0.2, -0.15) is 0 Å². The van der Waals surface area contributed by atoms with Crippen LogP contribution < -0.4 is 15.5 Å². The molecule has 0 fully saturated rings. The van der Waals surface area contributed by atoms with Crippen molar-refractivity contribution in [3.63, 3.8) is 0 Å². The van der Waals surface area contributed by atoms with Crippen LogP contribution in [-0.4, -0.2) is 17.7 Å². The second-order valence-electron chi connectivity index (χ2n) is 7.50. The molecule has 0 bridgehead atoms. The Balaban J connectivity index is 1.53. The van der Waals surface area contributed by atoms with Gasteiger partial charge in [-0.05, 0) is 55.3 Å². The molecule has 3 aromatic rings. The number of urea groups is 1. The first-order valence-electron chi connectivity index (χ1n) is 9.86. The summed E-state index contributed by atoms with van der Waals surface area (Å²) in [7, 11) is 0. The van der Waals surface area contributed by atoms with Gasteiger partial charge in [-0.3, -0.25) is 4.79 Å². The monoisotopic (exact) mass is 451 g/mol. The van der Waals surface area contributed by atoms with Gasteiger partial charge in [0.15, 0.2) is 0 Å². The number of amides is 3. The Hall–Kier alpha value is -2.96. The van der Waals surface area contributed by atoms with E-state index in [1.807, 2.05) is 62.4 Å². The first-order valence-corrected chi connectivity index (χ1v) is 11.2. The van der Waals surface area contributed by atoms with Crippen molar-refractivity contribution in [1.82, 2.24) is 0 Å². The summed E-state index contributed by atoms with van der Waals surface area (Å²) in [6.07, 6.45) is 0. The highest BCUT2D eigenvalue weighted by molar-refractivity contribution is 8.00. The number of nitrogens with zero attached hydrogens (tertiary/aromatic N) is 1. The number of hydrogen-bond acceptors (Lipinski definition) is 3. The van der Waals surface area contributed by atoms with Gasteiger partial charge in [-0.15, -0.1) is 11.8 Å². The minimum atomic E-state index is -0.398. The second-order valence-corrected chi connectivity index (χ2v) is 8.92. The zero-order valence-corrected chi connectivity index (χ0v) is 18.8. The molecule has 3 amide bonds. The number of carbonyl (C=O) groups is 2. The molecule has 1 aliphatic heterocycles. The van der Waals surface area contributed by atoms with Crippen LogP contribution in [0, 0.1) is 13.8 Å². The summed E-state index contributed by atoms with van der Waals surface area (Å²) in [5.41, 5.74) is 5.19. The second kappa shape index (κ2) is 9.04. The van der Waals surface area contributed by atoms with Gasteiger partial charge in [-0.25, -0.2) is 4.79 Å². The summed E-state index contributed by atoms with van der Waals surface area (Å²) in [6, 6.07) is 18.8. The van der Waals surface area contributed by atoms with Crippen LogP contribution in [0.2, 0.25) is 5.02 Å². The van der Waals surface area contributed by atoms with E-state index in [2.05, 4.69) is 10.6 Å². The SMILES string of the molecule is Cc1ccc(CN2C(=O)CSc3ccc(NC(=O)Nc4ccc(C)cc4Cl)cc32)cc1. The van der Waals surface area contributed by atoms with Crippen molar-refractivity contribution in [2.24, 2.45) is 0 Å². The normalized spacial score (nSPS) is 13.0. The highest BCUT2D eigenvalue weighted by Crippen LogP contribution is 2.38. The zero-order chi connectivity index (χ0) is 22.0. The molecule has 5 nitrogen and oxygen atoms in total. The number of aryl methyl sites for hydroxylation is 2. The van der Waals surface area contributed by atoms with Gasteiger partial charge in [0.1, 0.15) is 0 Å². The lowest BCUT2D eigenvalue weighted by atomic mass is 10.1. The predicted octanol–water partition coefficient (Wildman–Crippen LogP) is 6.24. The molecule has 2 N–H and O–H groups in total. The molecule has 7 heteroatoms. The predicted molar refractivity (Wildman–Crippen MR) is 128 cm³/mol. The van der Waals surface area contributed by atoms with Crippen molar-refractivity contribution < 1.29 is 9.59 Å². The van der Waals surface area contributed by atoms with Gasteiger partial charge in [0.05, 0.1) is 28.7 Å². The average Bonchev–Trinajstić information content (AvgIpc) is 2.74. The van der Waals surface area contributed by atoms with Gasteiger partial charge in [0.25, 0.3) is 0 Å². The van der Waals surface area contributed by atoms with E-state index >= 15 is 0 Å². The number of anilines is 3. The molecule has 0 radical (unpaired) electrons. The van der Waals surface area contributed by atoms with Gasteiger partial charge in [0, 0.05) is 10.6 Å². The number of fused-ring (bicyclic) bond motifs is 1. The lowest BCUT2D eigenvalue weighted by molar-refractivity contribution is -0.116. The van der Waals surface area contributed by atoms with E-state index in [1.165, 1.54) is 17.3 Å². The van der Waals surface area contributed by atoms with Crippen molar-refractivity contribution in [2.45, 2.75) is 25.3 Å². The molecular formula is C24H22ClN3O2S. The van der Waals surface area contributed by atoms with Crippen molar-refractivity contribution in [3.8, 4) is 0 Å². The first kappa shape index (κ1) is 21.3. The summed E-state index contributed by atoms with van der Waals surface area (Å²) >= 11 is 7.71. The quantitative estimate of drug-likeness (QED) is 0.493. The van der Waals surface area contributed by atoms with Gasteiger partial charge < -0.3 is 15.5 Å². The van der Waals surface area contributed by atoms with Crippen LogP contribution in [0.5, 0.6) is 0 Å². The summed E-state index contributed by atoms with van der Waals surface area (Å²) in [5.74, 6) is 0.448. The van der Waals surface area contributed by atoms with E-state index in [0.717, 1.165) is 21.7 Å². The topological polar surface area (TPSA) is 61.4 Å². The molecular weight excluding hydrogens is 430 g/mol. The number of halogens is 1. The van der Waals surface area contributed by atoms with Crippen molar-refractivity contribution >= 4 is 52.4 Å². The Morgan fingerprint density at radius 3 is 2.48 bits per heavy atom. The minimum absolute atomic E-state index is 0.0473. The summed E-state index contributed by atoms with van der Waals surface area (Å²) < 4.78 is 0. The maximum atomic E-state index is 12.7. The maximum absolute atomic E-state index is 12.7. The molecule has 0 spiro atoms. The zero-order valence-electron chi connectivity index (χ0n) is 17.2. The van der Waals surface area contributed by atoms with Gasteiger partial charge in [-0.1, -0.05) is 47.5 Å². The molecule has 158 valence electrons. The van der Waals surface area contributed by atoms with Gasteiger partial charge in [0.2, 0.25) is 5.91 Å². The molecule has 0 atom stereocenters. The molecule has 0 aliphatic carbocycles. The fourth-order valence-corrected chi connectivity index (χ4v) is 4.53. The number of thioether (sulfide) groups is 1. The lowest BCUT2D eigenvalue weighted by Crippen LogP contribution is -2.34. The Bertz CT molecular complexity index is 1150. The van der Waals surface area contributed by atoms with Crippen LogP contribution in [0.15, 0.2) is 65.6 Å². The lowest BCUT2D eigenvalue weighted by Gasteiger charge is -2.29. The fraction of sp³-hybridized carbons (Fsp3) is 0.167. The van der Waals surface area contributed by atoms with Crippen LogP contribution in [0.3, 0.4) is 0 Å². The highest BCUT2D eigenvalue weighted by Gasteiger charge is 2.25. The van der Waals surface area contributed by atoms with Crippen LogP contribution in [0.25, 0.3) is 0 Å². The molecule has 0 unspecified atom stereocenters. The number of carbonyl (C=O) groups excluding carboxylic acids is 2. The average molecular weight is 452 g/mol. The highest BCUT2D eigenvalue weighted by atomic mass is 35.5. The summed E-state index contributed by atoms with van der Waals surface area (Å²) in [6.45, 7) is 4.46. The van der Waals surface area contributed by atoms with Crippen molar-refractivity contribution in [1.29, 1.82) is 0 Å². The molecule has 4 rings (SSSR count). The molecule has 0 saturated carbocycles. The van der Waals surface area contributed by atoms with E-state index in [9.17, 15) is 9.59 Å². The van der Waals surface area contributed by atoms with Crippen LogP contribution >= 0.6 is 23.4 Å². The number of nitrogens with one attached hydrogen (secondary N) is 2. The van der Waals surface area contributed by atoms with Crippen molar-refractivity contribution in [2.75, 3.05) is 21.3 Å². The van der Waals surface area contributed by atoms with E-state index in [-0.39, 0.29) is 5.91 Å². The van der Waals surface area contributed by atoms with E-state index in [4.69, 9.17) is 11.6 Å². The molecule has 31 heavy (non-hydrogen) atoms. The third kappa shape index (κ3) is 5.03. The van der Waals surface area contributed by atoms with Crippen LogP contribution in [0.1, 0.15) is 16.7 Å². The minimum Gasteiger partial charge on any atom is -0.308 e. The molecule has 0 aromatic heterocycles. The summed E-state index contributed by atoms with van der Waals surface area (Å²) in [4.78, 5) is 27.9. The fourth-order valence-electron chi connectivity index (χ4n) is 3.34. The number of hydrogen-bond donors (Lipinski definition) is 2. The number of rotatable bonds is 4. The Labute approximate surface area is 190 Å². The van der Waals surface area contributed by atoms with Crippen LogP contribution in [0.4, 0.5) is 21.9 Å². The van der Waals surface area contributed by atoms with Crippen LogP contribution in [-0.2, 0) is 11.3 Å². The van der Waals surface area contributed by atoms with E-state index < -0.39 is 6.03 Å². The maximum Gasteiger partial charge on any atom is 0.323 e. The Morgan fingerprint density at radius 2 is 1.74 bits per heavy atom. The molecule has 1 aliphatic rings. The smallest absolute Gasteiger partial charge is 0.308 e. The third-order valence-corrected chi connectivity index (χ3v) is 6.35. The summed E-state index contributed by atoms with van der Waals surface area (Å²) in [5, 5.41) is 6.08. The Kier molecular flexibility index (Phi) is 6.20. The van der Waals surface area contributed by atoms with Crippen molar-refractivity contribution in [3.05, 3.63) is 82.4 Å².